The van der Waals surface area contributed by atoms with Gasteiger partial charge in [0.25, 0.3) is 0 Å². The molecule has 28 heavy (non-hydrogen) atoms. The van der Waals surface area contributed by atoms with Gasteiger partial charge in [-0.2, -0.15) is 0 Å². The van der Waals surface area contributed by atoms with Gasteiger partial charge >= 0.3 is 0 Å². The highest BCUT2D eigenvalue weighted by molar-refractivity contribution is 5.92. The Bertz CT molecular complexity index is 626. The molecule has 1 aromatic rings. The van der Waals surface area contributed by atoms with Crippen molar-refractivity contribution in [1.29, 1.82) is 0 Å². The number of primary amides is 1. The summed E-state index contributed by atoms with van der Waals surface area (Å²) >= 11 is 0. The Labute approximate surface area is 171 Å². The summed E-state index contributed by atoms with van der Waals surface area (Å²) in [6, 6.07) is 9.17. The third kappa shape index (κ3) is 5.81. The number of likely N-dealkylation sites (tertiary alicyclic amines) is 1. The quantitative estimate of drug-likeness (QED) is 0.623. The summed E-state index contributed by atoms with van der Waals surface area (Å²) in [6.07, 6.45) is 10.8. The van der Waals surface area contributed by atoms with Crippen molar-refractivity contribution in [2.24, 2.45) is 11.7 Å². The van der Waals surface area contributed by atoms with Gasteiger partial charge in [-0.05, 0) is 75.1 Å². The Kier molecular flexibility index (Phi) is 7.92. The Balaban J connectivity index is 1.48. The molecular formula is C24H39N3O. The van der Waals surface area contributed by atoms with Crippen LogP contribution in [0, 0.1) is 5.92 Å². The summed E-state index contributed by atoms with van der Waals surface area (Å²) in [5.74, 6) is 1.000. The monoisotopic (exact) mass is 385 g/mol. The molecule has 3 rings (SSSR count). The summed E-state index contributed by atoms with van der Waals surface area (Å²) in [6.45, 7) is 8.10. The molecule has 0 radical (unpaired) electrons. The molecule has 4 heteroatoms. The molecule has 0 spiro atoms. The van der Waals surface area contributed by atoms with Crippen molar-refractivity contribution in [3.8, 4) is 0 Å². The number of hydrogen-bond donors (Lipinski definition) is 2. The molecule has 1 saturated carbocycles. The average Bonchev–Trinajstić information content (AvgIpc) is 3.05. The highest BCUT2D eigenvalue weighted by Crippen LogP contribution is 2.32. The van der Waals surface area contributed by atoms with Crippen molar-refractivity contribution in [3.05, 3.63) is 35.4 Å². The van der Waals surface area contributed by atoms with Crippen LogP contribution in [0.2, 0.25) is 0 Å². The van der Waals surface area contributed by atoms with E-state index in [1.54, 1.807) is 6.07 Å². The molecule has 1 saturated heterocycles. The minimum atomic E-state index is -0.339. The Morgan fingerprint density at radius 2 is 2.00 bits per heavy atom. The van der Waals surface area contributed by atoms with E-state index < -0.39 is 0 Å². The summed E-state index contributed by atoms with van der Waals surface area (Å²) in [5, 5.41) is 3.73. The zero-order chi connectivity index (χ0) is 19.9. The van der Waals surface area contributed by atoms with Gasteiger partial charge in [0.15, 0.2) is 0 Å². The van der Waals surface area contributed by atoms with Gasteiger partial charge in [-0.1, -0.05) is 38.3 Å². The van der Waals surface area contributed by atoms with E-state index in [1.807, 2.05) is 12.1 Å². The maximum atomic E-state index is 11.5. The molecule has 0 aromatic heterocycles. The fourth-order valence-electron chi connectivity index (χ4n) is 5.23. The number of nitrogens with zero attached hydrogens (tertiary/aromatic N) is 1. The van der Waals surface area contributed by atoms with E-state index in [1.165, 1.54) is 57.1 Å². The van der Waals surface area contributed by atoms with Crippen LogP contribution in [0.1, 0.15) is 87.1 Å². The van der Waals surface area contributed by atoms with E-state index in [2.05, 4.69) is 30.1 Å². The summed E-state index contributed by atoms with van der Waals surface area (Å²) < 4.78 is 0. The fourth-order valence-corrected chi connectivity index (χ4v) is 5.23. The molecule has 2 fully saturated rings. The second kappa shape index (κ2) is 10.4. The second-order valence-corrected chi connectivity index (χ2v) is 9.15. The summed E-state index contributed by atoms with van der Waals surface area (Å²) in [7, 11) is 0. The molecule has 4 nitrogen and oxygen atoms in total. The molecule has 0 bridgehead atoms. The van der Waals surface area contributed by atoms with Crippen molar-refractivity contribution < 1.29 is 4.79 Å². The van der Waals surface area contributed by atoms with Gasteiger partial charge in [0.05, 0.1) is 0 Å². The number of carbonyl (C=O) groups excluding carboxylic acids is 1. The summed E-state index contributed by atoms with van der Waals surface area (Å²) in [4.78, 5) is 14.2. The van der Waals surface area contributed by atoms with Gasteiger partial charge in [-0.3, -0.25) is 9.69 Å². The van der Waals surface area contributed by atoms with Crippen LogP contribution >= 0.6 is 0 Å². The molecule has 2 aliphatic rings. The van der Waals surface area contributed by atoms with Crippen molar-refractivity contribution in [2.75, 3.05) is 19.6 Å². The van der Waals surface area contributed by atoms with E-state index in [-0.39, 0.29) is 5.91 Å². The first kappa shape index (κ1) is 21.3. The number of benzene rings is 1. The van der Waals surface area contributed by atoms with Crippen LogP contribution in [-0.4, -0.2) is 42.5 Å². The largest absolute Gasteiger partial charge is 0.366 e. The van der Waals surface area contributed by atoms with Crippen LogP contribution in [0.15, 0.2) is 24.3 Å². The van der Waals surface area contributed by atoms with E-state index >= 15 is 0 Å². The Morgan fingerprint density at radius 1 is 1.21 bits per heavy atom. The molecular weight excluding hydrogens is 346 g/mol. The van der Waals surface area contributed by atoms with E-state index in [0.717, 1.165) is 25.4 Å². The minimum absolute atomic E-state index is 0.339. The van der Waals surface area contributed by atoms with Crippen molar-refractivity contribution in [3.63, 3.8) is 0 Å². The molecule has 3 atom stereocenters. The minimum Gasteiger partial charge on any atom is -0.366 e. The predicted octanol–water partition coefficient (Wildman–Crippen LogP) is 4.30. The number of rotatable bonds is 9. The third-order valence-electron chi connectivity index (χ3n) is 7.02. The van der Waals surface area contributed by atoms with Gasteiger partial charge in [0, 0.05) is 30.7 Å². The highest BCUT2D eigenvalue weighted by atomic mass is 16.1. The molecule has 3 unspecified atom stereocenters. The number of carbonyl (C=O) groups is 1. The SMILES string of the molecule is CC(CC1CCC(C)N1CCNCC1CCCCC1)c1cccc(C(N)=O)c1. The number of nitrogens with two attached hydrogens (primary N) is 1. The molecule has 156 valence electrons. The van der Waals surface area contributed by atoms with E-state index in [0.29, 0.717) is 23.6 Å². The van der Waals surface area contributed by atoms with Crippen LogP contribution in [-0.2, 0) is 0 Å². The first-order valence-electron chi connectivity index (χ1n) is 11.4. The van der Waals surface area contributed by atoms with Gasteiger partial charge in [0.1, 0.15) is 0 Å². The highest BCUT2D eigenvalue weighted by Gasteiger charge is 2.31. The Hall–Kier alpha value is -1.39. The van der Waals surface area contributed by atoms with E-state index in [4.69, 9.17) is 5.73 Å². The van der Waals surface area contributed by atoms with Crippen LogP contribution in [0.25, 0.3) is 0 Å². The topological polar surface area (TPSA) is 58.4 Å². The molecule has 1 aliphatic heterocycles. The zero-order valence-electron chi connectivity index (χ0n) is 17.8. The molecule has 1 aromatic carbocycles. The number of hydrogen-bond acceptors (Lipinski definition) is 3. The third-order valence-corrected chi connectivity index (χ3v) is 7.02. The van der Waals surface area contributed by atoms with Crippen molar-refractivity contribution in [2.45, 2.75) is 83.2 Å². The first-order valence-corrected chi connectivity index (χ1v) is 11.4. The lowest BCUT2D eigenvalue weighted by Crippen LogP contribution is -2.41. The van der Waals surface area contributed by atoms with Crippen LogP contribution in [0.3, 0.4) is 0 Å². The average molecular weight is 386 g/mol. The van der Waals surface area contributed by atoms with Gasteiger partial charge in [0.2, 0.25) is 5.91 Å². The van der Waals surface area contributed by atoms with Gasteiger partial charge in [-0.15, -0.1) is 0 Å². The molecule has 1 amide bonds. The van der Waals surface area contributed by atoms with Crippen molar-refractivity contribution >= 4 is 5.91 Å². The lowest BCUT2D eigenvalue weighted by molar-refractivity contribution is 0.1000. The smallest absolute Gasteiger partial charge is 0.248 e. The molecule has 1 aliphatic carbocycles. The lowest BCUT2D eigenvalue weighted by Gasteiger charge is -2.31. The second-order valence-electron chi connectivity index (χ2n) is 9.15. The lowest BCUT2D eigenvalue weighted by atomic mass is 9.89. The van der Waals surface area contributed by atoms with Crippen LogP contribution in [0.5, 0.6) is 0 Å². The van der Waals surface area contributed by atoms with E-state index in [9.17, 15) is 4.79 Å². The molecule has 3 N–H and O–H groups in total. The maximum Gasteiger partial charge on any atom is 0.248 e. The fraction of sp³-hybridized carbons (Fsp3) is 0.708. The maximum absolute atomic E-state index is 11.5. The van der Waals surface area contributed by atoms with Gasteiger partial charge < -0.3 is 11.1 Å². The zero-order valence-corrected chi connectivity index (χ0v) is 17.8. The first-order chi connectivity index (χ1) is 13.5. The normalized spacial score (nSPS) is 25.1. The van der Waals surface area contributed by atoms with Crippen molar-refractivity contribution in [1.82, 2.24) is 10.2 Å². The molecule has 1 heterocycles. The standard InChI is InChI=1S/C24H39N3O/c1-18(21-9-6-10-22(16-21)24(25)28)15-23-12-11-19(2)27(23)14-13-26-17-20-7-4-3-5-8-20/h6,9-10,16,18-20,23,26H,3-5,7-8,11-15,17H2,1-2H3,(H2,25,28). The Morgan fingerprint density at radius 3 is 2.75 bits per heavy atom. The summed E-state index contributed by atoms with van der Waals surface area (Å²) in [5.41, 5.74) is 7.30. The van der Waals surface area contributed by atoms with Crippen LogP contribution in [0.4, 0.5) is 0 Å². The van der Waals surface area contributed by atoms with Crippen LogP contribution < -0.4 is 11.1 Å². The number of nitrogens with one attached hydrogen (secondary N) is 1. The predicted molar refractivity (Wildman–Crippen MR) is 117 cm³/mol. The number of amides is 1. The van der Waals surface area contributed by atoms with Gasteiger partial charge in [-0.25, -0.2) is 0 Å².